The molecule has 2 heteroatoms. The van der Waals surface area contributed by atoms with Crippen molar-refractivity contribution in [2.45, 2.75) is 45.2 Å². The molecule has 0 bridgehead atoms. The van der Waals surface area contributed by atoms with Crippen LogP contribution in [0.3, 0.4) is 0 Å². The smallest absolute Gasteiger partial charge is 0.0408 e. The monoisotopic (exact) mass is 204 g/mol. The minimum atomic E-state index is 0.280. The minimum absolute atomic E-state index is 0.280. The van der Waals surface area contributed by atoms with E-state index in [1.54, 1.807) is 0 Å². The summed E-state index contributed by atoms with van der Waals surface area (Å²) in [4.78, 5) is 0. The Morgan fingerprint density at radius 2 is 2.33 bits per heavy atom. The van der Waals surface area contributed by atoms with Crippen molar-refractivity contribution in [3.8, 4) is 0 Å². The van der Waals surface area contributed by atoms with Crippen LogP contribution in [0.4, 0.5) is 5.69 Å². The van der Waals surface area contributed by atoms with E-state index in [4.69, 9.17) is 5.73 Å². The Labute approximate surface area is 91.9 Å². The van der Waals surface area contributed by atoms with Gasteiger partial charge in [-0.2, -0.15) is 0 Å². The van der Waals surface area contributed by atoms with Crippen LogP contribution in [0.25, 0.3) is 0 Å². The Balaban J connectivity index is 2.16. The lowest BCUT2D eigenvalue weighted by atomic mass is 10.0. The predicted octanol–water partition coefficient (Wildman–Crippen LogP) is 2.32. The number of fused-ring (bicyclic) bond motifs is 1. The Morgan fingerprint density at radius 1 is 1.53 bits per heavy atom. The second kappa shape index (κ2) is 4.23. The molecule has 3 N–H and O–H groups in total. The van der Waals surface area contributed by atoms with Crippen LogP contribution in [0, 0.1) is 0 Å². The molecule has 0 saturated carbocycles. The van der Waals surface area contributed by atoms with Crippen molar-refractivity contribution in [3.63, 3.8) is 0 Å². The van der Waals surface area contributed by atoms with Crippen molar-refractivity contribution >= 4 is 5.69 Å². The summed E-state index contributed by atoms with van der Waals surface area (Å²) in [6, 6.07) is 7.41. The predicted molar refractivity (Wildman–Crippen MR) is 65.2 cm³/mol. The molecule has 0 radical (unpaired) electrons. The van der Waals surface area contributed by atoms with E-state index in [1.807, 2.05) is 0 Å². The molecule has 15 heavy (non-hydrogen) atoms. The SMILES string of the molecule is CCc1cccc2c1NC(CC(C)N)C2. The van der Waals surface area contributed by atoms with Crippen molar-refractivity contribution in [2.75, 3.05) is 5.32 Å². The van der Waals surface area contributed by atoms with Gasteiger partial charge in [-0.25, -0.2) is 0 Å². The van der Waals surface area contributed by atoms with Crippen molar-refractivity contribution in [1.82, 2.24) is 0 Å². The van der Waals surface area contributed by atoms with Gasteiger partial charge in [0.05, 0.1) is 0 Å². The highest BCUT2D eigenvalue weighted by atomic mass is 15.0. The third-order valence-electron chi connectivity index (χ3n) is 3.09. The molecule has 1 heterocycles. The van der Waals surface area contributed by atoms with E-state index in [2.05, 4.69) is 37.4 Å². The van der Waals surface area contributed by atoms with Gasteiger partial charge in [-0.15, -0.1) is 0 Å². The van der Waals surface area contributed by atoms with E-state index < -0.39 is 0 Å². The van der Waals surface area contributed by atoms with Crippen LogP contribution in [0.2, 0.25) is 0 Å². The number of rotatable bonds is 3. The second-order valence-electron chi connectivity index (χ2n) is 4.56. The number of aryl methyl sites for hydroxylation is 1. The standard InChI is InChI=1S/C13H20N2/c1-3-10-5-4-6-11-8-12(7-9(2)14)15-13(10)11/h4-6,9,12,15H,3,7-8,14H2,1-2H3. The number of hydrogen-bond acceptors (Lipinski definition) is 2. The van der Waals surface area contributed by atoms with Crippen molar-refractivity contribution in [2.24, 2.45) is 5.73 Å². The summed E-state index contributed by atoms with van der Waals surface area (Å²) < 4.78 is 0. The number of hydrogen-bond donors (Lipinski definition) is 2. The van der Waals surface area contributed by atoms with Crippen molar-refractivity contribution < 1.29 is 0 Å². The van der Waals surface area contributed by atoms with Gasteiger partial charge in [-0.05, 0) is 37.3 Å². The maximum atomic E-state index is 5.84. The first-order valence-electron chi connectivity index (χ1n) is 5.83. The van der Waals surface area contributed by atoms with Gasteiger partial charge >= 0.3 is 0 Å². The number of nitrogens with two attached hydrogens (primary N) is 1. The zero-order valence-electron chi connectivity index (χ0n) is 9.59. The molecular formula is C13H20N2. The van der Waals surface area contributed by atoms with Gasteiger partial charge in [-0.3, -0.25) is 0 Å². The molecule has 2 atom stereocenters. The normalized spacial score (nSPS) is 20.9. The molecule has 2 rings (SSSR count). The molecule has 2 nitrogen and oxygen atoms in total. The molecule has 82 valence electrons. The Bertz CT molecular complexity index is 344. The Kier molecular flexibility index (Phi) is 2.96. The molecule has 0 fully saturated rings. The zero-order chi connectivity index (χ0) is 10.8. The molecule has 1 aromatic rings. The minimum Gasteiger partial charge on any atom is -0.381 e. The lowest BCUT2D eigenvalue weighted by Gasteiger charge is -2.14. The number of para-hydroxylation sites is 1. The first kappa shape index (κ1) is 10.5. The number of benzene rings is 1. The van der Waals surface area contributed by atoms with Gasteiger partial charge in [0.15, 0.2) is 0 Å². The summed E-state index contributed by atoms with van der Waals surface area (Å²) in [6.07, 6.45) is 3.28. The van der Waals surface area contributed by atoms with E-state index in [0.29, 0.717) is 6.04 Å². The first-order valence-corrected chi connectivity index (χ1v) is 5.83. The van der Waals surface area contributed by atoms with Gasteiger partial charge in [0.1, 0.15) is 0 Å². The molecule has 1 aromatic carbocycles. The van der Waals surface area contributed by atoms with Gasteiger partial charge in [-0.1, -0.05) is 25.1 Å². The number of nitrogens with one attached hydrogen (secondary N) is 1. The topological polar surface area (TPSA) is 38.0 Å². The largest absolute Gasteiger partial charge is 0.381 e. The van der Waals surface area contributed by atoms with Gasteiger partial charge in [0.25, 0.3) is 0 Å². The highest BCUT2D eigenvalue weighted by molar-refractivity contribution is 5.62. The van der Waals surface area contributed by atoms with Crippen LogP contribution in [0.1, 0.15) is 31.4 Å². The lowest BCUT2D eigenvalue weighted by Crippen LogP contribution is -2.26. The summed E-state index contributed by atoms with van der Waals surface area (Å²) >= 11 is 0. The fourth-order valence-corrected chi connectivity index (χ4v) is 2.42. The van der Waals surface area contributed by atoms with Gasteiger partial charge in [0.2, 0.25) is 0 Å². The highest BCUT2D eigenvalue weighted by Gasteiger charge is 2.22. The summed E-state index contributed by atoms with van der Waals surface area (Å²) in [5.74, 6) is 0. The average Bonchev–Trinajstić information content (AvgIpc) is 2.58. The third kappa shape index (κ3) is 2.15. The second-order valence-corrected chi connectivity index (χ2v) is 4.56. The molecule has 0 amide bonds. The van der Waals surface area contributed by atoms with Crippen LogP contribution in [-0.2, 0) is 12.8 Å². The summed E-state index contributed by atoms with van der Waals surface area (Å²) in [5.41, 5.74) is 10.1. The molecule has 0 saturated heterocycles. The maximum absolute atomic E-state index is 5.84. The van der Waals surface area contributed by atoms with Crippen LogP contribution in [0.5, 0.6) is 0 Å². The first-order chi connectivity index (χ1) is 7.20. The number of anilines is 1. The zero-order valence-corrected chi connectivity index (χ0v) is 9.59. The molecule has 1 aliphatic heterocycles. The average molecular weight is 204 g/mol. The van der Waals surface area contributed by atoms with Crippen molar-refractivity contribution in [3.05, 3.63) is 29.3 Å². The molecule has 2 unspecified atom stereocenters. The molecule has 0 aliphatic carbocycles. The lowest BCUT2D eigenvalue weighted by molar-refractivity contribution is 0.586. The molecular weight excluding hydrogens is 184 g/mol. The van der Waals surface area contributed by atoms with Crippen molar-refractivity contribution in [1.29, 1.82) is 0 Å². The summed E-state index contributed by atoms with van der Waals surface area (Å²) in [6.45, 7) is 4.28. The molecule has 0 spiro atoms. The molecule has 1 aliphatic rings. The molecule has 0 aromatic heterocycles. The Morgan fingerprint density at radius 3 is 3.00 bits per heavy atom. The van der Waals surface area contributed by atoms with Crippen LogP contribution in [0.15, 0.2) is 18.2 Å². The Hall–Kier alpha value is -1.02. The summed E-state index contributed by atoms with van der Waals surface area (Å²) in [7, 11) is 0. The quantitative estimate of drug-likeness (QED) is 0.793. The van der Waals surface area contributed by atoms with Gasteiger partial charge in [0, 0.05) is 17.8 Å². The van der Waals surface area contributed by atoms with Gasteiger partial charge < -0.3 is 11.1 Å². The van der Waals surface area contributed by atoms with E-state index >= 15 is 0 Å². The van der Waals surface area contributed by atoms with Crippen LogP contribution >= 0.6 is 0 Å². The van der Waals surface area contributed by atoms with E-state index in [0.717, 1.165) is 19.3 Å². The summed E-state index contributed by atoms with van der Waals surface area (Å²) in [5, 5.41) is 3.61. The third-order valence-corrected chi connectivity index (χ3v) is 3.09. The van der Waals surface area contributed by atoms with E-state index in [9.17, 15) is 0 Å². The van der Waals surface area contributed by atoms with E-state index in [1.165, 1.54) is 16.8 Å². The fourth-order valence-electron chi connectivity index (χ4n) is 2.42. The van der Waals surface area contributed by atoms with Crippen LogP contribution < -0.4 is 11.1 Å². The van der Waals surface area contributed by atoms with Crippen LogP contribution in [-0.4, -0.2) is 12.1 Å². The highest BCUT2D eigenvalue weighted by Crippen LogP contribution is 2.31. The maximum Gasteiger partial charge on any atom is 0.0408 e. The van der Waals surface area contributed by atoms with E-state index in [-0.39, 0.29) is 6.04 Å². The fraction of sp³-hybridized carbons (Fsp3) is 0.538.